The average molecular weight is 426 g/mol. The molecule has 0 aromatic carbocycles. The van der Waals surface area contributed by atoms with Gasteiger partial charge in [-0.1, -0.05) is 46.3 Å². The van der Waals surface area contributed by atoms with Crippen molar-refractivity contribution in [2.24, 2.45) is 34.0 Å². The van der Waals surface area contributed by atoms with Crippen molar-refractivity contribution in [3.8, 4) is 0 Å². The number of allylic oxidation sites excluding steroid dienone is 4. The molecule has 1 saturated carbocycles. The number of nitrogens with zero attached hydrogens (tertiary/aromatic N) is 1. The van der Waals surface area contributed by atoms with Crippen LogP contribution in [0, 0.1) is 34.0 Å². The fraction of sp³-hybridized carbons (Fsp3) is 0.862. The summed E-state index contributed by atoms with van der Waals surface area (Å²) in [7, 11) is 0. The van der Waals surface area contributed by atoms with Gasteiger partial charge < -0.3 is 10.0 Å². The van der Waals surface area contributed by atoms with E-state index in [9.17, 15) is 5.11 Å². The lowest BCUT2D eigenvalue weighted by molar-refractivity contribution is -0.0905. The normalized spacial score (nSPS) is 43.3. The van der Waals surface area contributed by atoms with Crippen molar-refractivity contribution in [2.45, 2.75) is 105 Å². The van der Waals surface area contributed by atoms with E-state index in [4.69, 9.17) is 0 Å². The monoisotopic (exact) mass is 425 g/mol. The Balaban J connectivity index is 1.37. The molecular formula is C29H47NO. The smallest absolute Gasteiger partial charge is 0.0594 e. The molecule has 174 valence electrons. The molecule has 0 spiro atoms. The first-order chi connectivity index (χ1) is 14.7. The summed E-state index contributed by atoms with van der Waals surface area (Å²) in [4.78, 5) is 2.70. The number of fused-ring (bicyclic) bond motifs is 4. The average Bonchev–Trinajstić information content (AvgIpc) is 3.36. The van der Waals surface area contributed by atoms with Crippen LogP contribution in [-0.4, -0.2) is 35.7 Å². The molecular weight excluding hydrogens is 378 g/mol. The third-order valence-corrected chi connectivity index (χ3v) is 11.2. The second-order valence-electron chi connectivity index (χ2n) is 13.0. The minimum atomic E-state index is -0.131. The molecule has 0 radical (unpaired) electrons. The molecule has 2 nitrogen and oxygen atoms in total. The summed E-state index contributed by atoms with van der Waals surface area (Å²) in [6.45, 7) is 16.4. The SMILES string of the molecule is C[C@@H](CCN1CCCC1)[C@H]1CC=C2C3=C(CC[C@@]21C)[C@@]1(C)CCC(O)C(C)(C)C1CC3. The van der Waals surface area contributed by atoms with E-state index in [1.165, 1.54) is 77.4 Å². The number of aliphatic hydroxyl groups is 1. The van der Waals surface area contributed by atoms with Crippen molar-refractivity contribution < 1.29 is 5.11 Å². The fourth-order valence-electron chi connectivity index (χ4n) is 9.17. The molecule has 5 rings (SSSR count). The van der Waals surface area contributed by atoms with Gasteiger partial charge in [-0.25, -0.2) is 0 Å². The molecule has 6 atom stereocenters. The van der Waals surface area contributed by atoms with E-state index in [2.05, 4.69) is 45.6 Å². The van der Waals surface area contributed by atoms with Gasteiger partial charge in [-0.2, -0.15) is 0 Å². The molecule has 2 fully saturated rings. The lowest BCUT2D eigenvalue weighted by Gasteiger charge is -2.59. The minimum absolute atomic E-state index is 0.0446. The minimum Gasteiger partial charge on any atom is -0.393 e. The van der Waals surface area contributed by atoms with E-state index in [1.54, 1.807) is 16.7 Å². The van der Waals surface area contributed by atoms with E-state index < -0.39 is 0 Å². The fourth-order valence-corrected chi connectivity index (χ4v) is 9.17. The number of hydrogen-bond donors (Lipinski definition) is 1. The Hall–Kier alpha value is -0.600. The molecule has 0 amide bonds. The summed E-state index contributed by atoms with van der Waals surface area (Å²) in [5.74, 6) is 2.27. The van der Waals surface area contributed by atoms with Gasteiger partial charge >= 0.3 is 0 Å². The van der Waals surface area contributed by atoms with Crippen molar-refractivity contribution in [1.29, 1.82) is 0 Å². The predicted molar refractivity (Wildman–Crippen MR) is 130 cm³/mol. The van der Waals surface area contributed by atoms with E-state index in [0.717, 1.165) is 18.3 Å². The van der Waals surface area contributed by atoms with E-state index in [0.29, 0.717) is 16.7 Å². The Morgan fingerprint density at radius 2 is 1.77 bits per heavy atom. The molecule has 4 aliphatic carbocycles. The zero-order chi connectivity index (χ0) is 22.0. The van der Waals surface area contributed by atoms with Crippen LogP contribution in [0.1, 0.15) is 98.8 Å². The van der Waals surface area contributed by atoms with Crippen molar-refractivity contribution in [3.63, 3.8) is 0 Å². The van der Waals surface area contributed by atoms with Crippen LogP contribution in [0.25, 0.3) is 0 Å². The Morgan fingerprint density at radius 1 is 1.03 bits per heavy atom. The third kappa shape index (κ3) is 3.33. The summed E-state index contributed by atoms with van der Waals surface area (Å²) >= 11 is 0. The van der Waals surface area contributed by atoms with Crippen LogP contribution in [0.5, 0.6) is 0 Å². The Kier molecular flexibility index (Phi) is 5.53. The Bertz CT molecular complexity index is 772. The van der Waals surface area contributed by atoms with Gasteiger partial charge in [0, 0.05) is 0 Å². The third-order valence-electron chi connectivity index (χ3n) is 11.2. The topological polar surface area (TPSA) is 23.5 Å². The Labute approximate surface area is 191 Å². The maximum atomic E-state index is 10.8. The van der Waals surface area contributed by atoms with Gasteiger partial charge in [0.05, 0.1) is 6.10 Å². The van der Waals surface area contributed by atoms with Crippen LogP contribution >= 0.6 is 0 Å². The van der Waals surface area contributed by atoms with Gasteiger partial charge in [0.1, 0.15) is 0 Å². The molecule has 1 saturated heterocycles. The maximum absolute atomic E-state index is 10.8. The van der Waals surface area contributed by atoms with Crippen molar-refractivity contribution in [1.82, 2.24) is 4.90 Å². The number of aliphatic hydroxyl groups excluding tert-OH is 1. The number of likely N-dealkylation sites (tertiary alicyclic amines) is 1. The highest BCUT2D eigenvalue weighted by atomic mass is 16.3. The first-order valence-corrected chi connectivity index (χ1v) is 13.5. The van der Waals surface area contributed by atoms with Crippen LogP contribution < -0.4 is 0 Å². The highest BCUT2D eigenvalue weighted by molar-refractivity contribution is 5.49. The second kappa shape index (κ2) is 7.73. The van der Waals surface area contributed by atoms with Crippen LogP contribution in [0.15, 0.2) is 22.8 Å². The van der Waals surface area contributed by atoms with Crippen molar-refractivity contribution in [2.75, 3.05) is 19.6 Å². The summed E-state index contributed by atoms with van der Waals surface area (Å²) < 4.78 is 0. The molecule has 0 aromatic heterocycles. The lowest BCUT2D eigenvalue weighted by atomic mass is 9.46. The van der Waals surface area contributed by atoms with Gasteiger partial charge in [0.25, 0.3) is 0 Å². The summed E-state index contributed by atoms with van der Waals surface area (Å²) in [6.07, 6.45) is 15.4. The van der Waals surface area contributed by atoms with Gasteiger partial charge in [0.2, 0.25) is 0 Å². The molecule has 2 unspecified atom stereocenters. The number of hydrogen-bond acceptors (Lipinski definition) is 2. The highest BCUT2D eigenvalue weighted by Gasteiger charge is 2.57. The maximum Gasteiger partial charge on any atom is 0.0594 e. The van der Waals surface area contributed by atoms with Crippen LogP contribution in [0.3, 0.4) is 0 Å². The van der Waals surface area contributed by atoms with Crippen LogP contribution in [0.4, 0.5) is 0 Å². The summed E-state index contributed by atoms with van der Waals surface area (Å²) in [5.41, 5.74) is 6.08. The quantitative estimate of drug-likeness (QED) is 0.538. The first-order valence-electron chi connectivity index (χ1n) is 13.5. The van der Waals surface area contributed by atoms with E-state index in [1.807, 2.05) is 0 Å². The predicted octanol–water partition coefficient (Wildman–Crippen LogP) is 6.75. The molecule has 1 N–H and O–H groups in total. The molecule has 0 bridgehead atoms. The lowest BCUT2D eigenvalue weighted by Crippen LogP contribution is -2.53. The second-order valence-corrected chi connectivity index (χ2v) is 13.0. The van der Waals surface area contributed by atoms with Crippen LogP contribution in [-0.2, 0) is 0 Å². The molecule has 0 aromatic rings. The van der Waals surface area contributed by atoms with Crippen LogP contribution in [0.2, 0.25) is 0 Å². The van der Waals surface area contributed by atoms with E-state index >= 15 is 0 Å². The van der Waals surface area contributed by atoms with Gasteiger partial charge in [-0.3, -0.25) is 0 Å². The summed E-state index contributed by atoms with van der Waals surface area (Å²) in [5, 5.41) is 10.8. The first kappa shape index (κ1) is 22.2. The molecule has 31 heavy (non-hydrogen) atoms. The molecule has 5 aliphatic rings. The zero-order valence-electron chi connectivity index (χ0n) is 21.0. The number of rotatable bonds is 4. The van der Waals surface area contributed by atoms with Gasteiger partial charge in [-0.15, -0.1) is 0 Å². The van der Waals surface area contributed by atoms with Crippen molar-refractivity contribution >= 4 is 0 Å². The molecule has 2 heteroatoms. The molecule has 1 heterocycles. The van der Waals surface area contributed by atoms with Crippen molar-refractivity contribution in [3.05, 3.63) is 22.8 Å². The Morgan fingerprint density at radius 3 is 2.52 bits per heavy atom. The largest absolute Gasteiger partial charge is 0.393 e. The highest BCUT2D eigenvalue weighted by Crippen LogP contribution is 2.66. The van der Waals surface area contributed by atoms with Gasteiger partial charge in [0.15, 0.2) is 0 Å². The van der Waals surface area contributed by atoms with E-state index in [-0.39, 0.29) is 11.5 Å². The van der Waals surface area contributed by atoms with Gasteiger partial charge in [-0.05, 0) is 129 Å². The zero-order valence-corrected chi connectivity index (χ0v) is 21.0. The molecule has 1 aliphatic heterocycles. The summed E-state index contributed by atoms with van der Waals surface area (Å²) in [6, 6.07) is 0. The standard InChI is InChI=1S/C29H47NO/c1-20(14-19-30-17-6-7-18-30)22-9-10-23-21-8-11-25-27(2,3)26(31)13-16-29(25,5)24(21)12-15-28(22,23)4/h10,20,22,25-26,31H,6-9,11-19H2,1-5H3/t20-,22+,25?,26?,28+,29+/m0/s1.